The highest BCUT2D eigenvalue weighted by Crippen LogP contribution is 2.37. The van der Waals surface area contributed by atoms with Crippen LogP contribution in [-0.2, 0) is 6.42 Å². The molecule has 1 fully saturated rings. The monoisotopic (exact) mass is 360 g/mol. The lowest BCUT2D eigenvalue weighted by atomic mass is 9.77. The summed E-state index contributed by atoms with van der Waals surface area (Å²) < 4.78 is 0. The topological polar surface area (TPSA) is 25.8 Å². The summed E-state index contributed by atoms with van der Waals surface area (Å²) in [6, 6.07) is 8.84. The van der Waals surface area contributed by atoms with Gasteiger partial charge in [0.2, 0.25) is 5.82 Å². The van der Waals surface area contributed by atoms with Crippen LogP contribution < -0.4 is 0 Å². The largest absolute Gasteiger partial charge is 0.229 e. The molecule has 1 heterocycles. The van der Waals surface area contributed by atoms with Crippen LogP contribution in [0.3, 0.4) is 0 Å². The summed E-state index contributed by atoms with van der Waals surface area (Å²) in [5, 5.41) is 0. The zero-order valence-electron chi connectivity index (χ0n) is 16.9. The van der Waals surface area contributed by atoms with E-state index >= 15 is 0 Å². The molecule has 2 nitrogen and oxygen atoms in total. The van der Waals surface area contributed by atoms with E-state index in [2.05, 4.69) is 59.9 Å². The molecule has 0 bridgehead atoms. The Kier molecular flexibility index (Phi) is 7.45. The minimum atomic E-state index is 0.595. The van der Waals surface area contributed by atoms with E-state index in [4.69, 9.17) is 0 Å². The molecule has 3 rings (SSSR count). The number of unbranched alkanes of at least 4 members (excludes halogenated alkanes) is 2. The predicted molar refractivity (Wildman–Crippen MR) is 113 cm³/mol. The second-order valence-corrected chi connectivity index (χ2v) is 7.85. The van der Waals surface area contributed by atoms with E-state index in [1.165, 1.54) is 56.9 Å². The zero-order valence-corrected chi connectivity index (χ0v) is 16.9. The highest BCUT2D eigenvalue weighted by Gasteiger charge is 2.21. The van der Waals surface area contributed by atoms with E-state index in [1.54, 1.807) is 0 Å². The Morgan fingerprint density at radius 3 is 2.22 bits per heavy atom. The lowest BCUT2D eigenvalue weighted by molar-refractivity contribution is 0.303. The lowest BCUT2D eigenvalue weighted by Gasteiger charge is -2.29. The predicted octanol–water partition coefficient (Wildman–Crippen LogP) is 6.29. The third-order valence-electron chi connectivity index (χ3n) is 5.88. The molecule has 0 N–H and O–H groups in total. The maximum atomic E-state index is 4.30. The van der Waals surface area contributed by atoms with Crippen LogP contribution in [0.5, 0.6) is 0 Å². The Morgan fingerprint density at radius 2 is 1.59 bits per heavy atom. The van der Waals surface area contributed by atoms with Gasteiger partial charge < -0.3 is 0 Å². The number of hydrogen-bond donors (Lipinski definition) is 0. The molecule has 0 atom stereocenters. The summed E-state index contributed by atoms with van der Waals surface area (Å²) in [4.78, 5) is 8.61. The normalized spacial score (nSPS) is 19.3. The van der Waals surface area contributed by atoms with Crippen molar-refractivity contribution in [3.8, 4) is 11.8 Å². The quantitative estimate of drug-likeness (QED) is 0.447. The van der Waals surface area contributed by atoms with Crippen molar-refractivity contribution in [3.05, 3.63) is 59.2 Å². The van der Waals surface area contributed by atoms with Crippen LogP contribution in [0.15, 0.2) is 36.7 Å². The SMILES string of the molecule is CCCCC[C@H]1CC[C@H](c2ccc(C#Cc3ncc(CC)cn3)cc2)CC1. The van der Waals surface area contributed by atoms with E-state index < -0.39 is 0 Å². The van der Waals surface area contributed by atoms with Crippen molar-refractivity contribution < 1.29 is 0 Å². The van der Waals surface area contributed by atoms with Crippen LogP contribution in [0, 0.1) is 17.8 Å². The number of hydrogen-bond acceptors (Lipinski definition) is 2. The van der Waals surface area contributed by atoms with Crippen molar-refractivity contribution in [1.82, 2.24) is 9.97 Å². The van der Waals surface area contributed by atoms with Crippen LogP contribution >= 0.6 is 0 Å². The minimum Gasteiger partial charge on any atom is -0.229 e. The zero-order chi connectivity index (χ0) is 18.9. The molecular formula is C25H32N2. The third kappa shape index (κ3) is 5.93. The van der Waals surface area contributed by atoms with Gasteiger partial charge in [0.1, 0.15) is 0 Å². The fraction of sp³-hybridized carbons (Fsp3) is 0.520. The van der Waals surface area contributed by atoms with Crippen LogP contribution in [0.1, 0.15) is 93.6 Å². The van der Waals surface area contributed by atoms with Crippen molar-refractivity contribution in [2.45, 2.75) is 77.6 Å². The number of aryl methyl sites for hydroxylation is 1. The van der Waals surface area contributed by atoms with Gasteiger partial charge in [-0.25, -0.2) is 9.97 Å². The third-order valence-corrected chi connectivity index (χ3v) is 5.88. The van der Waals surface area contributed by atoms with Crippen LogP contribution in [0.2, 0.25) is 0 Å². The number of rotatable bonds is 6. The summed E-state index contributed by atoms with van der Waals surface area (Å²) >= 11 is 0. The first kappa shape index (κ1) is 19.6. The van der Waals surface area contributed by atoms with Gasteiger partial charge in [0.05, 0.1) is 0 Å². The lowest BCUT2D eigenvalue weighted by Crippen LogP contribution is -2.13. The molecule has 1 aromatic carbocycles. The Hall–Kier alpha value is -2.14. The van der Waals surface area contributed by atoms with E-state index in [9.17, 15) is 0 Å². The molecule has 1 aliphatic carbocycles. The molecule has 1 aliphatic rings. The molecule has 0 radical (unpaired) electrons. The van der Waals surface area contributed by atoms with Gasteiger partial charge in [-0.05, 0) is 73.1 Å². The van der Waals surface area contributed by atoms with Crippen molar-refractivity contribution in [1.29, 1.82) is 0 Å². The summed E-state index contributed by atoms with van der Waals surface area (Å²) in [5.74, 6) is 8.56. The summed E-state index contributed by atoms with van der Waals surface area (Å²) in [6.45, 7) is 4.39. The first-order valence-corrected chi connectivity index (χ1v) is 10.7. The van der Waals surface area contributed by atoms with Gasteiger partial charge in [-0.3, -0.25) is 0 Å². The second kappa shape index (κ2) is 10.3. The summed E-state index contributed by atoms with van der Waals surface area (Å²) in [7, 11) is 0. The first-order valence-electron chi connectivity index (χ1n) is 10.7. The van der Waals surface area contributed by atoms with Gasteiger partial charge in [0.25, 0.3) is 0 Å². The average molecular weight is 361 g/mol. The molecular weight excluding hydrogens is 328 g/mol. The molecule has 0 unspecified atom stereocenters. The highest BCUT2D eigenvalue weighted by molar-refractivity contribution is 5.40. The number of benzene rings is 1. The fourth-order valence-electron chi connectivity index (χ4n) is 4.04. The number of nitrogens with zero attached hydrogens (tertiary/aromatic N) is 2. The molecule has 1 aromatic heterocycles. The molecule has 27 heavy (non-hydrogen) atoms. The molecule has 2 heteroatoms. The van der Waals surface area contributed by atoms with Gasteiger partial charge >= 0.3 is 0 Å². The van der Waals surface area contributed by atoms with Crippen LogP contribution in [0.4, 0.5) is 0 Å². The molecule has 142 valence electrons. The van der Waals surface area contributed by atoms with Crippen molar-refractivity contribution >= 4 is 0 Å². The van der Waals surface area contributed by atoms with E-state index in [0.717, 1.165) is 29.4 Å². The van der Waals surface area contributed by atoms with Crippen LogP contribution in [-0.4, -0.2) is 9.97 Å². The maximum Gasteiger partial charge on any atom is 0.205 e. The molecule has 0 amide bonds. The summed E-state index contributed by atoms with van der Waals surface area (Å²) in [6.07, 6.45) is 15.8. The van der Waals surface area contributed by atoms with E-state index in [-0.39, 0.29) is 0 Å². The highest BCUT2D eigenvalue weighted by atomic mass is 14.8. The Bertz CT molecular complexity index is 742. The fourth-order valence-corrected chi connectivity index (χ4v) is 4.04. The van der Waals surface area contributed by atoms with Gasteiger partial charge in [-0.2, -0.15) is 0 Å². The van der Waals surface area contributed by atoms with Gasteiger partial charge in [-0.15, -0.1) is 0 Å². The smallest absolute Gasteiger partial charge is 0.205 e. The van der Waals surface area contributed by atoms with Crippen molar-refractivity contribution in [3.63, 3.8) is 0 Å². The molecule has 0 spiro atoms. The standard InChI is InChI=1S/C25H32N2/c1-3-5-6-7-21-8-13-23(14-9-21)24-15-10-22(11-16-24)12-17-25-26-18-20(4-2)19-27-25/h10-11,15-16,18-19,21,23H,3-9,13-14H2,1-2H3/t21-,23-. The Morgan fingerprint density at radius 1 is 0.889 bits per heavy atom. The van der Waals surface area contributed by atoms with Crippen LogP contribution in [0.25, 0.3) is 0 Å². The summed E-state index contributed by atoms with van der Waals surface area (Å²) in [5.41, 5.74) is 3.66. The minimum absolute atomic E-state index is 0.595. The number of aromatic nitrogens is 2. The maximum absolute atomic E-state index is 4.30. The van der Waals surface area contributed by atoms with Gasteiger partial charge in [0.15, 0.2) is 0 Å². The molecule has 1 saturated carbocycles. The average Bonchev–Trinajstić information content (AvgIpc) is 2.74. The second-order valence-electron chi connectivity index (χ2n) is 7.85. The van der Waals surface area contributed by atoms with Gasteiger partial charge in [-0.1, -0.05) is 57.6 Å². The van der Waals surface area contributed by atoms with Gasteiger partial charge in [0, 0.05) is 18.0 Å². The molecule has 2 aromatic rings. The molecule has 0 saturated heterocycles. The van der Waals surface area contributed by atoms with Crippen molar-refractivity contribution in [2.75, 3.05) is 0 Å². The van der Waals surface area contributed by atoms with E-state index in [0.29, 0.717) is 5.82 Å². The van der Waals surface area contributed by atoms with E-state index in [1.807, 2.05) is 12.4 Å². The Balaban J connectivity index is 1.53. The van der Waals surface area contributed by atoms with Crippen molar-refractivity contribution in [2.24, 2.45) is 5.92 Å². The molecule has 0 aliphatic heterocycles. The first-order chi connectivity index (χ1) is 13.3. The Labute approximate surface area is 164 Å².